The van der Waals surface area contributed by atoms with Crippen molar-refractivity contribution in [3.63, 3.8) is 0 Å². The molecule has 5 atom stereocenters. The Bertz CT molecular complexity index is 1450. The number of hydrogen-bond donors (Lipinski definition) is 5. The normalized spacial score (nSPS) is 21.5. The number of Topliss-reactive ketones (excluding diaryl/α,β-unsaturated/α-hetero) is 1. The molecule has 2 aliphatic carbocycles. The third-order valence-electron chi connectivity index (χ3n) is 9.92. The second-order valence-corrected chi connectivity index (χ2v) is 14.9. The Morgan fingerprint density at radius 2 is 1.60 bits per heavy atom. The van der Waals surface area contributed by atoms with E-state index in [0.717, 1.165) is 24.0 Å². The van der Waals surface area contributed by atoms with Crippen molar-refractivity contribution in [2.75, 3.05) is 6.54 Å². The molecule has 2 fully saturated rings. The van der Waals surface area contributed by atoms with E-state index in [4.69, 9.17) is 12.2 Å². The fourth-order valence-electron chi connectivity index (χ4n) is 6.68. The number of carboxylic acid groups (broad SMARTS) is 1. The van der Waals surface area contributed by atoms with Crippen LogP contribution in [0, 0.1) is 40.9 Å². The number of urea groups is 1. The molecule has 5 amide bonds. The molecule has 1 heterocycles. The van der Waals surface area contributed by atoms with Gasteiger partial charge in [-0.2, -0.15) is 0 Å². The molecule has 12 nitrogen and oxygen atoms in total. The number of amides is 5. The van der Waals surface area contributed by atoms with Crippen LogP contribution in [0.25, 0.3) is 0 Å². The predicted molar refractivity (Wildman–Crippen MR) is 173 cm³/mol. The number of carboxylic acids is 1. The molecule has 1 unspecified atom stereocenters. The van der Waals surface area contributed by atoms with Gasteiger partial charge in [0.05, 0.1) is 6.04 Å². The summed E-state index contributed by atoms with van der Waals surface area (Å²) in [6, 6.07) is 2.40. The second kappa shape index (κ2) is 13.8. The standard InChI is InChI=1S/C35H47N5O7/c1-7-35(5,6)23-17-25(30(43)37-24(14-19-12-13-19)27(41)29(36)42)40(18-23)31(44)26(22-15-20-10-8-9-11-21(20)16-22)38-33(47)39-28(32(45)46)34(2,3)4/h1,8-11,19,22-26,28H,12-18H2,2-6H3,(H2,36,42)(H,37,43)(H,45,46)(H2,38,39,47)/t23-,24?,25+,26+,28-/m1/s1. The van der Waals surface area contributed by atoms with Crippen LogP contribution in [0.3, 0.4) is 0 Å². The molecule has 1 aliphatic heterocycles. The van der Waals surface area contributed by atoms with E-state index in [9.17, 15) is 33.9 Å². The summed E-state index contributed by atoms with van der Waals surface area (Å²) in [7, 11) is 0. The molecule has 0 aromatic heterocycles. The number of hydrogen-bond acceptors (Lipinski definition) is 6. The Morgan fingerprint density at radius 3 is 2.09 bits per heavy atom. The van der Waals surface area contributed by atoms with E-state index in [1.165, 1.54) is 4.90 Å². The van der Waals surface area contributed by atoms with Crippen molar-refractivity contribution in [3.8, 4) is 12.3 Å². The van der Waals surface area contributed by atoms with E-state index in [2.05, 4.69) is 21.9 Å². The zero-order chi connectivity index (χ0) is 34.8. The molecule has 4 rings (SSSR count). The van der Waals surface area contributed by atoms with Crippen LogP contribution in [0.4, 0.5) is 4.79 Å². The summed E-state index contributed by atoms with van der Waals surface area (Å²) in [5.74, 6) is -2.11. The smallest absolute Gasteiger partial charge is 0.326 e. The van der Waals surface area contributed by atoms with Gasteiger partial charge in [-0.25, -0.2) is 9.59 Å². The van der Waals surface area contributed by atoms with Crippen molar-refractivity contribution in [2.45, 2.75) is 97.3 Å². The van der Waals surface area contributed by atoms with E-state index >= 15 is 0 Å². The first-order valence-corrected chi connectivity index (χ1v) is 16.2. The van der Waals surface area contributed by atoms with Gasteiger partial charge in [0, 0.05) is 12.0 Å². The largest absolute Gasteiger partial charge is 0.480 e. The zero-order valence-electron chi connectivity index (χ0n) is 27.8. The molecule has 6 N–H and O–H groups in total. The molecule has 0 spiro atoms. The number of nitrogens with one attached hydrogen (secondary N) is 3. The SMILES string of the molecule is C#CC(C)(C)[C@@H]1C[C@@H](C(=O)NC(CC2CC2)C(=O)C(N)=O)N(C(=O)[C@@H](NC(=O)N[C@H](C(=O)O)C(C)(C)C)C2Cc3ccccc3C2)C1. The summed E-state index contributed by atoms with van der Waals surface area (Å²) in [6.45, 7) is 8.86. The number of fused-ring (bicyclic) bond motifs is 1. The van der Waals surface area contributed by atoms with Crippen LogP contribution >= 0.6 is 0 Å². The number of nitrogens with two attached hydrogens (primary N) is 1. The van der Waals surface area contributed by atoms with Gasteiger partial charge in [-0.15, -0.1) is 12.3 Å². The summed E-state index contributed by atoms with van der Waals surface area (Å²) < 4.78 is 0. The lowest BCUT2D eigenvalue weighted by atomic mass is 9.78. The first-order valence-electron chi connectivity index (χ1n) is 16.2. The van der Waals surface area contributed by atoms with Crippen molar-refractivity contribution in [1.29, 1.82) is 0 Å². The van der Waals surface area contributed by atoms with Crippen molar-refractivity contribution in [2.24, 2.45) is 34.3 Å². The summed E-state index contributed by atoms with van der Waals surface area (Å²) in [5, 5.41) is 17.8. The lowest BCUT2D eigenvalue weighted by molar-refractivity contribution is -0.142. The van der Waals surface area contributed by atoms with Gasteiger partial charge in [-0.05, 0) is 73.8 Å². The van der Waals surface area contributed by atoms with Gasteiger partial charge in [0.2, 0.25) is 17.6 Å². The summed E-state index contributed by atoms with van der Waals surface area (Å²) in [5.41, 5.74) is 5.84. The Hall–Kier alpha value is -4.40. The number of rotatable bonds is 12. The highest BCUT2D eigenvalue weighted by Crippen LogP contribution is 2.39. The lowest BCUT2D eigenvalue weighted by Crippen LogP contribution is -2.60. The highest BCUT2D eigenvalue weighted by molar-refractivity contribution is 6.37. The first-order chi connectivity index (χ1) is 21.9. The van der Waals surface area contributed by atoms with Gasteiger partial charge in [-0.1, -0.05) is 57.9 Å². The van der Waals surface area contributed by atoms with Gasteiger partial charge in [0.25, 0.3) is 5.91 Å². The second-order valence-electron chi connectivity index (χ2n) is 14.9. The first kappa shape index (κ1) is 35.5. The van der Waals surface area contributed by atoms with E-state index in [0.29, 0.717) is 12.8 Å². The minimum absolute atomic E-state index is 0.115. The van der Waals surface area contributed by atoms with Crippen molar-refractivity contribution in [1.82, 2.24) is 20.9 Å². The van der Waals surface area contributed by atoms with Gasteiger partial charge >= 0.3 is 12.0 Å². The molecular formula is C35H47N5O7. The van der Waals surface area contributed by atoms with Crippen LogP contribution in [-0.2, 0) is 36.8 Å². The Morgan fingerprint density at radius 1 is 1.00 bits per heavy atom. The molecule has 1 saturated carbocycles. The fraction of sp³-hybridized carbons (Fsp3) is 0.600. The number of benzene rings is 1. The Labute approximate surface area is 276 Å². The summed E-state index contributed by atoms with van der Waals surface area (Å²) in [4.78, 5) is 79.8. The van der Waals surface area contributed by atoms with E-state index in [1.807, 2.05) is 38.1 Å². The summed E-state index contributed by atoms with van der Waals surface area (Å²) in [6.07, 6.45) is 9.05. The number of carbonyl (C=O) groups excluding carboxylic acids is 5. The van der Waals surface area contributed by atoms with Crippen LogP contribution in [0.1, 0.15) is 71.4 Å². The van der Waals surface area contributed by atoms with Gasteiger partial charge in [0.1, 0.15) is 18.1 Å². The topological polar surface area (TPSA) is 188 Å². The van der Waals surface area contributed by atoms with Crippen molar-refractivity contribution < 1.29 is 33.9 Å². The average Bonchev–Trinajstić information content (AvgIpc) is 3.52. The molecule has 3 aliphatic rings. The number of likely N-dealkylation sites (tertiary alicyclic amines) is 1. The zero-order valence-corrected chi connectivity index (χ0v) is 27.8. The third-order valence-corrected chi connectivity index (χ3v) is 9.92. The number of terminal acetylenes is 1. The maximum Gasteiger partial charge on any atom is 0.326 e. The van der Waals surface area contributed by atoms with E-state index < -0.39 is 70.5 Å². The Balaban J connectivity index is 1.65. The summed E-state index contributed by atoms with van der Waals surface area (Å²) >= 11 is 0. The van der Waals surface area contributed by atoms with E-state index in [-0.39, 0.29) is 37.1 Å². The molecule has 0 bridgehead atoms. The minimum Gasteiger partial charge on any atom is -0.480 e. The molecule has 1 saturated heterocycles. The Kier molecular flexibility index (Phi) is 10.4. The molecular weight excluding hydrogens is 602 g/mol. The van der Waals surface area contributed by atoms with Crippen molar-refractivity contribution in [3.05, 3.63) is 35.4 Å². The number of nitrogens with zero attached hydrogens (tertiary/aromatic N) is 1. The number of primary amides is 1. The molecule has 47 heavy (non-hydrogen) atoms. The average molecular weight is 650 g/mol. The van der Waals surface area contributed by atoms with Crippen LogP contribution in [0.2, 0.25) is 0 Å². The fourth-order valence-corrected chi connectivity index (χ4v) is 6.68. The number of carbonyl (C=O) groups is 6. The minimum atomic E-state index is -1.24. The van der Waals surface area contributed by atoms with E-state index in [1.54, 1.807) is 20.8 Å². The quantitative estimate of drug-likeness (QED) is 0.169. The van der Waals surface area contributed by atoms with Crippen LogP contribution in [-0.4, -0.2) is 76.2 Å². The molecule has 12 heteroatoms. The van der Waals surface area contributed by atoms with Crippen molar-refractivity contribution >= 4 is 35.5 Å². The van der Waals surface area contributed by atoms with Gasteiger partial charge < -0.3 is 31.7 Å². The highest BCUT2D eigenvalue weighted by Gasteiger charge is 2.49. The molecule has 1 aromatic carbocycles. The maximum atomic E-state index is 14.6. The highest BCUT2D eigenvalue weighted by atomic mass is 16.4. The predicted octanol–water partition coefficient (Wildman–Crippen LogP) is 1.78. The van der Waals surface area contributed by atoms with Crippen LogP contribution in [0.15, 0.2) is 24.3 Å². The van der Waals surface area contributed by atoms with Gasteiger partial charge in [0.15, 0.2) is 0 Å². The number of aliphatic carboxylic acids is 1. The molecule has 0 radical (unpaired) electrons. The van der Waals surface area contributed by atoms with Gasteiger partial charge in [-0.3, -0.25) is 19.2 Å². The lowest BCUT2D eigenvalue weighted by Gasteiger charge is -2.33. The monoisotopic (exact) mass is 649 g/mol. The van der Waals surface area contributed by atoms with Crippen LogP contribution < -0.4 is 21.7 Å². The third kappa shape index (κ3) is 8.31. The molecule has 1 aromatic rings. The van der Waals surface area contributed by atoms with Crippen LogP contribution in [0.5, 0.6) is 0 Å². The number of ketones is 1. The maximum absolute atomic E-state index is 14.6. The molecule has 254 valence electrons.